The van der Waals surface area contributed by atoms with Crippen LogP contribution >= 0.6 is 11.3 Å². The molecule has 0 aliphatic heterocycles. The monoisotopic (exact) mass is 949 g/mol. The molecule has 0 unspecified atom stereocenters. The second-order valence-electron chi connectivity index (χ2n) is 17.4. The van der Waals surface area contributed by atoms with Crippen LogP contribution in [0.15, 0.2) is 76.2 Å². The summed E-state index contributed by atoms with van der Waals surface area (Å²) in [5.41, 5.74) is 8.55. The molecule has 4 nitrogen and oxygen atoms in total. The second kappa shape index (κ2) is 17.9. The van der Waals surface area contributed by atoms with Gasteiger partial charge in [-0.1, -0.05) is 124 Å². The molecule has 1 N–H and O–H groups in total. The van der Waals surface area contributed by atoms with Gasteiger partial charge in [0.15, 0.2) is 5.78 Å². The number of benzene rings is 3. The summed E-state index contributed by atoms with van der Waals surface area (Å²) in [5.74, 6) is 1.94. The first-order chi connectivity index (χ1) is 25.9. The quantitative estimate of drug-likeness (QED) is 0.0798. The van der Waals surface area contributed by atoms with Crippen molar-refractivity contribution in [3.63, 3.8) is 0 Å². The molecule has 6 aromatic rings. The minimum atomic E-state index is -0.337. The third-order valence-electron chi connectivity index (χ3n) is 12.1. The van der Waals surface area contributed by atoms with E-state index in [1.165, 1.54) is 44.5 Å². The van der Waals surface area contributed by atoms with Crippen LogP contribution in [0.3, 0.4) is 0 Å². The number of hydrogen-bond donors (Lipinski definition) is 1. The van der Waals surface area contributed by atoms with Gasteiger partial charge in [-0.2, -0.15) is 0 Å². The van der Waals surface area contributed by atoms with E-state index >= 15 is 0 Å². The Kier molecular flexibility index (Phi) is 14.4. The molecular weight excluding hydrogens is 887 g/mol. The summed E-state index contributed by atoms with van der Waals surface area (Å²) in [6.07, 6.45) is 5.71. The number of pyridine rings is 1. The second-order valence-corrected chi connectivity index (χ2v) is 18.3. The van der Waals surface area contributed by atoms with Crippen molar-refractivity contribution in [3.05, 3.63) is 100 Å². The Morgan fingerprint density at radius 2 is 1.54 bits per heavy atom. The number of aromatic nitrogens is 1. The minimum Gasteiger partial charge on any atom is -0.512 e. The van der Waals surface area contributed by atoms with Crippen LogP contribution in [0.2, 0.25) is 0 Å². The Morgan fingerprint density at radius 1 is 0.893 bits per heavy atom. The van der Waals surface area contributed by atoms with Gasteiger partial charge in [-0.15, -0.1) is 40.5 Å². The van der Waals surface area contributed by atoms with Gasteiger partial charge >= 0.3 is 0 Å². The van der Waals surface area contributed by atoms with Gasteiger partial charge in [0.1, 0.15) is 21.9 Å². The number of nitrogens with zero attached hydrogens (tertiary/aromatic N) is 1. The molecule has 0 bridgehead atoms. The van der Waals surface area contributed by atoms with Crippen molar-refractivity contribution < 1.29 is 34.4 Å². The van der Waals surface area contributed by atoms with Gasteiger partial charge in [0.25, 0.3) is 0 Å². The molecule has 0 aliphatic carbocycles. The maximum absolute atomic E-state index is 12.2. The molecule has 301 valence electrons. The van der Waals surface area contributed by atoms with Crippen LogP contribution < -0.4 is 0 Å². The molecule has 56 heavy (non-hydrogen) atoms. The third-order valence-corrected chi connectivity index (χ3v) is 13.1. The Morgan fingerprint density at radius 3 is 2.14 bits per heavy atom. The third kappa shape index (κ3) is 9.25. The van der Waals surface area contributed by atoms with Gasteiger partial charge in [0.05, 0.1) is 0 Å². The van der Waals surface area contributed by atoms with Gasteiger partial charge in [-0.25, -0.2) is 0 Å². The van der Waals surface area contributed by atoms with Crippen molar-refractivity contribution >= 4 is 49.1 Å². The number of fused-ring (bicyclic) bond motifs is 3. The molecule has 6 rings (SSSR count). The molecule has 0 saturated heterocycles. The van der Waals surface area contributed by atoms with Crippen molar-refractivity contribution in [3.8, 4) is 22.4 Å². The first-order valence-electron chi connectivity index (χ1n) is 20.2. The number of ketones is 1. The Labute approximate surface area is 353 Å². The Hall–Kier alpha value is -3.57. The molecule has 3 aromatic heterocycles. The number of carbonyl (C=O) groups is 1. The van der Waals surface area contributed by atoms with Gasteiger partial charge in [0, 0.05) is 59.9 Å². The predicted molar refractivity (Wildman–Crippen MR) is 236 cm³/mol. The van der Waals surface area contributed by atoms with Crippen molar-refractivity contribution in [1.82, 2.24) is 4.98 Å². The fourth-order valence-electron chi connectivity index (χ4n) is 7.24. The van der Waals surface area contributed by atoms with E-state index in [0.717, 1.165) is 70.5 Å². The van der Waals surface area contributed by atoms with Gasteiger partial charge in [-0.3, -0.25) is 9.78 Å². The first-order valence-corrected chi connectivity index (χ1v) is 21.1. The van der Waals surface area contributed by atoms with E-state index in [9.17, 15) is 9.90 Å². The zero-order chi connectivity index (χ0) is 40.5. The first kappa shape index (κ1) is 45.1. The molecule has 6 heteroatoms. The summed E-state index contributed by atoms with van der Waals surface area (Å²) in [4.78, 5) is 18.4. The molecule has 0 saturated carbocycles. The summed E-state index contributed by atoms with van der Waals surface area (Å²) in [6.45, 7) is 27.7. The summed E-state index contributed by atoms with van der Waals surface area (Å²) >= 11 is 1.71. The van der Waals surface area contributed by atoms with Crippen molar-refractivity contribution in [2.75, 3.05) is 0 Å². The van der Waals surface area contributed by atoms with E-state index in [1.54, 1.807) is 11.3 Å². The zero-order valence-corrected chi connectivity index (χ0v) is 39.1. The smallest absolute Gasteiger partial charge is 0.164 e. The van der Waals surface area contributed by atoms with Crippen molar-refractivity contribution in [2.24, 2.45) is 16.7 Å². The standard InChI is InChI=1S/C35H34NOS.C15H28O2.Ir/c1-20(2)14-31-22(4)26-13-12-24(17-32(26)37-31)28-18-30(36-34-33(28)21(3)19-38-34)25-15-23-10-8-9-11-27(23)29(16-25)35(5,6)7;1-7-14(5,8-2)12(16)11-13(17)15(6,9-3)10-4;/h8-13,16-20H,14H2,1-7H3;11,16H,7-10H2,1-6H3;/q-1;;/b;12-11-;. The molecule has 3 aromatic carbocycles. The molecule has 0 spiro atoms. The zero-order valence-electron chi connectivity index (χ0n) is 35.9. The topological polar surface area (TPSA) is 63.3 Å². The predicted octanol–water partition coefficient (Wildman–Crippen LogP) is 15.1. The fraction of sp³-hybridized carbons (Fsp3) is 0.440. The largest absolute Gasteiger partial charge is 0.512 e. The number of allylic oxidation sites excluding steroid dienone is 2. The SMILES string of the molecule is CCC(C)(CC)C(=O)/C=C(\O)C(C)(CC)CC.Cc1c(CC(C)C)oc2cc(-c3cc(-c4[c-]c5ccccc5c(C(C)(C)C)c4)nc4scc(C)c34)ccc12.[Ir]. The minimum absolute atomic E-state index is 0. The van der Waals surface area contributed by atoms with Crippen LogP contribution in [0.25, 0.3) is 54.3 Å². The number of aliphatic hydroxyl groups excluding tert-OH is 1. The van der Waals surface area contributed by atoms with Crippen LogP contribution in [0.5, 0.6) is 0 Å². The van der Waals surface area contributed by atoms with E-state index in [1.807, 2.05) is 41.5 Å². The number of rotatable bonds is 11. The van der Waals surface area contributed by atoms with Crippen LogP contribution in [0.4, 0.5) is 0 Å². The molecule has 3 heterocycles. The number of aliphatic hydroxyl groups is 1. The maximum Gasteiger partial charge on any atom is 0.164 e. The molecular formula is C50H62IrNO3S-. The summed E-state index contributed by atoms with van der Waals surface area (Å²) < 4.78 is 6.39. The summed E-state index contributed by atoms with van der Waals surface area (Å²) in [5, 5.41) is 17.2. The van der Waals surface area contributed by atoms with Gasteiger partial charge < -0.3 is 9.52 Å². The fourth-order valence-corrected chi connectivity index (χ4v) is 8.18. The number of carbonyl (C=O) groups excluding carboxylic acids is 1. The molecule has 0 fully saturated rings. The summed E-state index contributed by atoms with van der Waals surface area (Å²) in [6, 6.07) is 23.5. The van der Waals surface area contributed by atoms with Crippen LogP contribution in [0, 0.1) is 36.7 Å². The van der Waals surface area contributed by atoms with E-state index in [-0.39, 0.29) is 47.9 Å². The van der Waals surface area contributed by atoms with Gasteiger partial charge in [-0.05, 0) is 84.6 Å². The normalized spacial score (nSPS) is 12.6. The van der Waals surface area contributed by atoms with E-state index in [2.05, 4.69) is 115 Å². The van der Waals surface area contributed by atoms with Gasteiger partial charge in [0.2, 0.25) is 0 Å². The van der Waals surface area contributed by atoms with E-state index in [0.29, 0.717) is 5.92 Å². The molecule has 0 amide bonds. The van der Waals surface area contributed by atoms with Crippen molar-refractivity contribution in [2.45, 2.75) is 128 Å². The molecule has 1 radical (unpaired) electrons. The van der Waals surface area contributed by atoms with Crippen molar-refractivity contribution in [1.29, 1.82) is 0 Å². The summed E-state index contributed by atoms with van der Waals surface area (Å²) in [7, 11) is 0. The number of thiophene rings is 1. The van der Waals surface area contributed by atoms with E-state index < -0.39 is 0 Å². The van der Waals surface area contributed by atoms with E-state index in [4.69, 9.17) is 9.40 Å². The maximum atomic E-state index is 12.2. The Bertz CT molecular complexity index is 2340. The Balaban J connectivity index is 0.000000330. The number of aryl methyl sites for hydroxylation is 2. The average Bonchev–Trinajstić information content (AvgIpc) is 3.70. The van der Waals surface area contributed by atoms with Crippen LogP contribution in [-0.4, -0.2) is 15.9 Å². The molecule has 0 atom stereocenters. The van der Waals surface area contributed by atoms with Crippen LogP contribution in [-0.2, 0) is 36.7 Å². The average molecular weight is 949 g/mol. The number of furan rings is 1. The number of hydrogen-bond acceptors (Lipinski definition) is 5. The van der Waals surface area contributed by atoms with Crippen LogP contribution in [0.1, 0.15) is 124 Å². The molecule has 0 aliphatic rings.